The molecule has 0 unspecified atom stereocenters. The number of aromatic nitrogens is 1. The van der Waals surface area contributed by atoms with Gasteiger partial charge in [0.1, 0.15) is 5.71 Å². The molecule has 6 heteroatoms. The largest absolute Gasteiger partial charge is 0.365 e. The lowest BCUT2D eigenvalue weighted by atomic mass is 9.95. The van der Waals surface area contributed by atoms with Gasteiger partial charge < -0.3 is 9.40 Å². The Balaban J connectivity index is 1.44. The van der Waals surface area contributed by atoms with E-state index < -0.39 is 5.97 Å². The second kappa shape index (κ2) is 13.7. The molecule has 5 rings (SSSR count). The molecule has 3 aromatic carbocycles. The third kappa shape index (κ3) is 6.55. The van der Waals surface area contributed by atoms with Crippen molar-refractivity contribution >= 4 is 39.8 Å². The fourth-order valence-corrected chi connectivity index (χ4v) is 5.19. The molecular formula is C36H34N2O4. The number of allylic oxidation sites excluding steroid dienone is 4. The van der Waals surface area contributed by atoms with Gasteiger partial charge in [-0.2, -0.15) is 0 Å². The lowest BCUT2D eigenvalue weighted by Gasteiger charge is -2.16. The number of para-hydroxylation sites is 1. The maximum atomic E-state index is 14.0. The topological polar surface area (TPSA) is 77.7 Å². The Morgan fingerprint density at radius 3 is 2.17 bits per heavy atom. The maximum Gasteiger partial charge on any atom is 0.365 e. The summed E-state index contributed by atoms with van der Waals surface area (Å²) in [7, 11) is 0. The van der Waals surface area contributed by atoms with Crippen molar-refractivity contribution in [3.05, 3.63) is 126 Å². The van der Waals surface area contributed by atoms with Crippen molar-refractivity contribution in [1.29, 1.82) is 0 Å². The average Bonchev–Trinajstić information content (AvgIpc) is 3.44. The van der Waals surface area contributed by atoms with Crippen molar-refractivity contribution in [1.82, 2.24) is 4.57 Å². The van der Waals surface area contributed by atoms with Crippen molar-refractivity contribution in [2.45, 2.75) is 51.9 Å². The van der Waals surface area contributed by atoms with E-state index in [0.29, 0.717) is 36.0 Å². The number of nitrogens with zero attached hydrogens (tertiary/aromatic N) is 2. The van der Waals surface area contributed by atoms with E-state index >= 15 is 0 Å². The molecule has 1 heterocycles. The van der Waals surface area contributed by atoms with E-state index in [1.165, 1.54) is 0 Å². The Hall–Kier alpha value is -4.84. The quantitative estimate of drug-likeness (QED) is 0.0575. The fourth-order valence-electron chi connectivity index (χ4n) is 5.19. The summed E-state index contributed by atoms with van der Waals surface area (Å²) < 4.78 is 2.02. The first-order valence-corrected chi connectivity index (χ1v) is 14.5. The molecule has 0 N–H and O–H groups in total. The number of benzene rings is 3. The van der Waals surface area contributed by atoms with Gasteiger partial charge in [-0.3, -0.25) is 9.59 Å². The standard InChI is InChI=1S/C36H34N2O4/c1-2-3-4-11-19-32(37-42-36(41)28-16-9-6-10-17-28)35(40)31-25-38(33-20-13-12-18-30(31)33)29-23-21-27(22-24-29)34(39)26-14-7-5-8-15-26/h5-10,12-18,20-21,23,25H,2-4,11,19,22,24H2,1H3/b37-32+. The predicted molar refractivity (Wildman–Crippen MR) is 167 cm³/mol. The number of Topliss-reactive ketones (excluding diaryl/α,β-unsaturated/α-hetero) is 2. The number of carbonyl (C=O) groups excluding carboxylic acids is 3. The SMILES string of the molecule is CCCCCC/C(=N\OC(=O)c1ccccc1)C(=O)c1cn(C2=CC=C(C(=O)c3ccccc3)CC2)c2ccccc12. The second-order valence-electron chi connectivity index (χ2n) is 10.4. The smallest absolute Gasteiger partial charge is 0.320 e. The molecule has 0 atom stereocenters. The van der Waals surface area contributed by atoms with E-state index in [0.717, 1.165) is 47.9 Å². The van der Waals surface area contributed by atoms with Gasteiger partial charge in [0.05, 0.1) is 11.1 Å². The molecule has 0 saturated heterocycles. The van der Waals surface area contributed by atoms with E-state index in [4.69, 9.17) is 4.84 Å². The molecule has 0 bridgehead atoms. The minimum absolute atomic E-state index is 0.0353. The maximum absolute atomic E-state index is 14.0. The molecule has 1 aromatic heterocycles. The van der Waals surface area contributed by atoms with Crippen LogP contribution < -0.4 is 0 Å². The molecule has 0 radical (unpaired) electrons. The van der Waals surface area contributed by atoms with Crippen LogP contribution in [-0.4, -0.2) is 27.8 Å². The number of fused-ring (bicyclic) bond motifs is 1. The molecule has 0 spiro atoms. The van der Waals surface area contributed by atoms with Crippen molar-refractivity contribution in [2.24, 2.45) is 5.16 Å². The Bertz CT molecular complexity index is 1680. The van der Waals surface area contributed by atoms with E-state index in [9.17, 15) is 14.4 Å². The van der Waals surface area contributed by atoms with Crippen LogP contribution in [0.1, 0.15) is 82.9 Å². The highest BCUT2D eigenvalue weighted by Crippen LogP contribution is 2.31. The molecular weight excluding hydrogens is 524 g/mol. The van der Waals surface area contributed by atoms with Gasteiger partial charge in [-0.25, -0.2) is 4.79 Å². The van der Waals surface area contributed by atoms with Crippen molar-refractivity contribution in [3.8, 4) is 0 Å². The van der Waals surface area contributed by atoms with Gasteiger partial charge in [-0.15, -0.1) is 0 Å². The summed E-state index contributed by atoms with van der Waals surface area (Å²) in [5.41, 5.74) is 4.44. The predicted octanol–water partition coefficient (Wildman–Crippen LogP) is 8.45. The van der Waals surface area contributed by atoms with Crippen LogP contribution in [0.15, 0.2) is 114 Å². The zero-order chi connectivity index (χ0) is 29.3. The number of ketones is 2. The Morgan fingerprint density at radius 2 is 1.48 bits per heavy atom. The molecule has 0 aliphatic heterocycles. The summed E-state index contributed by atoms with van der Waals surface area (Å²) in [4.78, 5) is 44.8. The fraction of sp³-hybridized carbons (Fsp3) is 0.222. The number of hydrogen-bond donors (Lipinski definition) is 0. The van der Waals surface area contributed by atoms with E-state index in [1.807, 2.05) is 83.6 Å². The summed E-state index contributed by atoms with van der Waals surface area (Å²) in [6.45, 7) is 2.13. The molecule has 6 nitrogen and oxygen atoms in total. The van der Waals surface area contributed by atoms with Crippen LogP contribution >= 0.6 is 0 Å². The van der Waals surface area contributed by atoms with Crippen LogP contribution in [0.5, 0.6) is 0 Å². The zero-order valence-corrected chi connectivity index (χ0v) is 23.8. The first-order chi connectivity index (χ1) is 20.6. The zero-order valence-electron chi connectivity index (χ0n) is 23.8. The molecule has 42 heavy (non-hydrogen) atoms. The Morgan fingerprint density at radius 1 is 0.786 bits per heavy atom. The van der Waals surface area contributed by atoms with Crippen LogP contribution in [-0.2, 0) is 4.84 Å². The van der Waals surface area contributed by atoms with Gasteiger partial charge in [0.15, 0.2) is 5.78 Å². The van der Waals surface area contributed by atoms with Crippen LogP contribution in [0.3, 0.4) is 0 Å². The van der Waals surface area contributed by atoms with Gasteiger partial charge in [0, 0.05) is 34.0 Å². The number of hydrogen-bond acceptors (Lipinski definition) is 5. The number of rotatable bonds is 12. The summed E-state index contributed by atoms with van der Waals surface area (Å²) in [6.07, 6.45) is 11.2. The molecule has 212 valence electrons. The highest BCUT2D eigenvalue weighted by atomic mass is 16.7. The van der Waals surface area contributed by atoms with Crippen molar-refractivity contribution in [2.75, 3.05) is 0 Å². The number of carbonyl (C=O) groups is 3. The molecule has 1 aliphatic carbocycles. The first-order valence-electron chi connectivity index (χ1n) is 14.5. The van der Waals surface area contributed by atoms with Crippen LogP contribution in [0.25, 0.3) is 16.6 Å². The van der Waals surface area contributed by atoms with Gasteiger partial charge in [-0.05, 0) is 50.0 Å². The third-order valence-corrected chi connectivity index (χ3v) is 7.50. The molecule has 0 fully saturated rings. The molecule has 0 saturated carbocycles. The van der Waals surface area contributed by atoms with Crippen molar-refractivity contribution in [3.63, 3.8) is 0 Å². The van der Waals surface area contributed by atoms with Crippen LogP contribution in [0.2, 0.25) is 0 Å². The summed E-state index contributed by atoms with van der Waals surface area (Å²) in [5, 5.41) is 4.91. The lowest BCUT2D eigenvalue weighted by molar-refractivity contribution is 0.0514. The minimum atomic E-state index is -0.600. The highest BCUT2D eigenvalue weighted by Gasteiger charge is 2.23. The van der Waals surface area contributed by atoms with Gasteiger partial charge in [0.25, 0.3) is 0 Å². The minimum Gasteiger partial charge on any atom is -0.320 e. The monoisotopic (exact) mass is 558 g/mol. The lowest BCUT2D eigenvalue weighted by Crippen LogP contribution is -2.16. The third-order valence-electron chi connectivity index (χ3n) is 7.50. The normalized spacial score (nSPS) is 13.4. The number of oxime groups is 1. The highest BCUT2D eigenvalue weighted by molar-refractivity contribution is 6.47. The summed E-state index contributed by atoms with van der Waals surface area (Å²) in [6, 6.07) is 25.7. The summed E-state index contributed by atoms with van der Waals surface area (Å²) >= 11 is 0. The number of unbranched alkanes of at least 4 members (excludes halogenated alkanes) is 3. The average molecular weight is 559 g/mol. The van der Waals surface area contributed by atoms with Crippen LogP contribution in [0.4, 0.5) is 0 Å². The van der Waals surface area contributed by atoms with E-state index in [-0.39, 0.29) is 17.3 Å². The van der Waals surface area contributed by atoms with E-state index in [1.54, 1.807) is 24.3 Å². The first kappa shape index (κ1) is 28.7. The van der Waals surface area contributed by atoms with Gasteiger partial charge in [0.2, 0.25) is 5.78 Å². The molecule has 1 aliphatic rings. The molecule has 0 amide bonds. The Labute approximate surface area is 246 Å². The summed E-state index contributed by atoms with van der Waals surface area (Å²) in [5.74, 6) is -0.820. The van der Waals surface area contributed by atoms with Gasteiger partial charge >= 0.3 is 5.97 Å². The van der Waals surface area contributed by atoms with E-state index in [2.05, 4.69) is 12.1 Å². The van der Waals surface area contributed by atoms with Crippen molar-refractivity contribution < 1.29 is 19.2 Å². The second-order valence-corrected chi connectivity index (χ2v) is 10.4. The molecule has 4 aromatic rings. The van der Waals surface area contributed by atoms with Crippen LogP contribution in [0, 0.1) is 0 Å². The van der Waals surface area contributed by atoms with Gasteiger partial charge in [-0.1, -0.05) is 104 Å². The Kier molecular flexibility index (Phi) is 9.34.